The summed E-state index contributed by atoms with van der Waals surface area (Å²) in [4.78, 5) is 11.2. The molecule has 0 atom stereocenters. The van der Waals surface area contributed by atoms with Crippen molar-refractivity contribution in [1.29, 1.82) is 0 Å². The zero-order valence-electron chi connectivity index (χ0n) is 10.1. The molecular formula is C14H12N4O. The molecule has 0 aliphatic rings. The van der Waals surface area contributed by atoms with Crippen LogP contribution in [-0.4, -0.2) is 15.0 Å². The summed E-state index contributed by atoms with van der Waals surface area (Å²) in [5.41, 5.74) is 8.00. The minimum absolute atomic E-state index is 0.667. The van der Waals surface area contributed by atoms with Crippen molar-refractivity contribution >= 4 is 5.69 Å². The minimum Gasteiger partial charge on any atom is -0.457 e. The number of rotatable bonds is 3. The normalized spacial score (nSPS) is 10.3. The first kappa shape index (κ1) is 11.3. The van der Waals surface area contributed by atoms with Gasteiger partial charge in [-0.2, -0.15) is 0 Å². The van der Waals surface area contributed by atoms with Crippen LogP contribution in [0.15, 0.2) is 55.1 Å². The van der Waals surface area contributed by atoms with Gasteiger partial charge in [0.1, 0.15) is 11.5 Å². The van der Waals surface area contributed by atoms with Gasteiger partial charge in [-0.25, -0.2) is 4.98 Å². The highest BCUT2D eigenvalue weighted by Crippen LogP contribution is 2.25. The second-order valence-corrected chi connectivity index (χ2v) is 4.02. The topological polar surface area (TPSA) is 76.8 Å². The summed E-state index contributed by atoms with van der Waals surface area (Å²) in [6, 6.07) is 10.9. The van der Waals surface area contributed by atoms with Crippen LogP contribution in [0.5, 0.6) is 11.5 Å². The Hall–Kier alpha value is -2.82. The molecule has 0 aliphatic heterocycles. The van der Waals surface area contributed by atoms with E-state index in [-0.39, 0.29) is 0 Å². The first-order valence-corrected chi connectivity index (χ1v) is 5.79. The zero-order valence-corrected chi connectivity index (χ0v) is 10.1. The van der Waals surface area contributed by atoms with Crippen LogP contribution >= 0.6 is 0 Å². The Bertz CT molecular complexity index is 679. The van der Waals surface area contributed by atoms with Crippen molar-refractivity contribution in [3.63, 3.8) is 0 Å². The summed E-state index contributed by atoms with van der Waals surface area (Å²) in [7, 11) is 0. The van der Waals surface area contributed by atoms with E-state index in [2.05, 4.69) is 15.0 Å². The summed E-state index contributed by atoms with van der Waals surface area (Å²) in [5, 5.41) is 0. The summed E-state index contributed by atoms with van der Waals surface area (Å²) >= 11 is 0. The molecule has 0 saturated heterocycles. The molecule has 0 saturated carbocycles. The van der Waals surface area contributed by atoms with E-state index in [0.717, 1.165) is 11.4 Å². The highest BCUT2D eigenvalue weighted by molar-refractivity contribution is 5.55. The van der Waals surface area contributed by atoms with Crippen molar-refractivity contribution in [1.82, 2.24) is 15.0 Å². The fourth-order valence-electron chi connectivity index (χ4n) is 1.73. The third-order valence-corrected chi connectivity index (χ3v) is 2.60. The third-order valence-electron chi connectivity index (χ3n) is 2.60. The van der Waals surface area contributed by atoms with Gasteiger partial charge >= 0.3 is 0 Å². The average Bonchev–Trinajstić information content (AvgIpc) is 2.93. The van der Waals surface area contributed by atoms with Crippen molar-refractivity contribution in [2.75, 3.05) is 5.73 Å². The lowest BCUT2D eigenvalue weighted by Gasteiger charge is -2.07. The van der Waals surface area contributed by atoms with E-state index < -0.39 is 0 Å². The van der Waals surface area contributed by atoms with Gasteiger partial charge in [-0.05, 0) is 18.2 Å². The predicted molar refractivity (Wildman–Crippen MR) is 72.7 cm³/mol. The maximum absolute atomic E-state index is 5.74. The van der Waals surface area contributed by atoms with Gasteiger partial charge in [-0.15, -0.1) is 0 Å². The number of pyridine rings is 1. The molecule has 5 nitrogen and oxygen atoms in total. The number of benzene rings is 1. The number of ether oxygens (including phenoxy) is 1. The number of nitrogens with one attached hydrogen (secondary N) is 1. The fraction of sp³-hybridized carbons (Fsp3) is 0. The van der Waals surface area contributed by atoms with Crippen LogP contribution < -0.4 is 10.5 Å². The molecule has 0 bridgehead atoms. The Balaban J connectivity index is 1.88. The zero-order chi connectivity index (χ0) is 13.1. The van der Waals surface area contributed by atoms with Crippen molar-refractivity contribution in [2.45, 2.75) is 0 Å². The molecule has 5 heteroatoms. The van der Waals surface area contributed by atoms with Crippen LogP contribution in [-0.2, 0) is 0 Å². The Morgan fingerprint density at radius 2 is 2.00 bits per heavy atom. The molecule has 2 heterocycles. The van der Waals surface area contributed by atoms with Crippen LogP contribution in [0.1, 0.15) is 0 Å². The van der Waals surface area contributed by atoms with Gasteiger partial charge in [0.2, 0.25) is 0 Å². The number of nitrogens with two attached hydrogens (primary N) is 1. The first-order valence-electron chi connectivity index (χ1n) is 5.79. The quantitative estimate of drug-likeness (QED) is 0.703. The number of H-pyrrole nitrogens is 1. The fourth-order valence-corrected chi connectivity index (χ4v) is 1.73. The molecule has 0 aliphatic carbocycles. The smallest absolute Gasteiger partial charge is 0.131 e. The lowest BCUT2D eigenvalue weighted by molar-refractivity contribution is 0.482. The number of hydrogen-bond donors (Lipinski definition) is 2. The lowest BCUT2D eigenvalue weighted by Crippen LogP contribution is -1.89. The van der Waals surface area contributed by atoms with E-state index >= 15 is 0 Å². The number of nitrogen functional groups attached to an aromatic ring is 1. The number of imidazole rings is 1. The molecule has 0 fully saturated rings. The molecule has 2 aromatic heterocycles. The van der Waals surface area contributed by atoms with Gasteiger partial charge in [0.15, 0.2) is 0 Å². The minimum atomic E-state index is 0.667. The van der Waals surface area contributed by atoms with Crippen LogP contribution in [0.25, 0.3) is 11.4 Å². The summed E-state index contributed by atoms with van der Waals surface area (Å²) in [6.07, 6.45) is 5.02. The Labute approximate surface area is 110 Å². The molecule has 94 valence electrons. The molecule has 0 unspecified atom stereocenters. The SMILES string of the molecule is Nc1cccc(Oc2ccnc(-c3cnc[nH]3)c2)c1. The van der Waals surface area contributed by atoms with Gasteiger partial charge in [0, 0.05) is 24.0 Å². The third kappa shape index (κ3) is 2.55. The lowest BCUT2D eigenvalue weighted by atomic mass is 10.2. The van der Waals surface area contributed by atoms with Gasteiger partial charge in [0.05, 0.1) is 23.9 Å². The molecule has 0 amide bonds. The summed E-state index contributed by atoms with van der Waals surface area (Å²) in [5.74, 6) is 1.40. The molecule has 3 rings (SSSR count). The largest absolute Gasteiger partial charge is 0.457 e. The Morgan fingerprint density at radius 3 is 2.79 bits per heavy atom. The highest BCUT2D eigenvalue weighted by atomic mass is 16.5. The highest BCUT2D eigenvalue weighted by Gasteiger charge is 2.03. The van der Waals surface area contributed by atoms with E-state index in [9.17, 15) is 0 Å². The number of aromatic amines is 1. The van der Waals surface area contributed by atoms with Crippen molar-refractivity contribution in [3.05, 3.63) is 55.1 Å². The summed E-state index contributed by atoms with van der Waals surface area (Å²) in [6.45, 7) is 0. The second-order valence-electron chi connectivity index (χ2n) is 4.02. The molecule has 0 spiro atoms. The van der Waals surface area contributed by atoms with Crippen LogP contribution in [0, 0.1) is 0 Å². The Kier molecular flexibility index (Phi) is 2.86. The van der Waals surface area contributed by atoms with Crippen molar-refractivity contribution in [3.8, 4) is 22.9 Å². The van der Waals surface area contributed by atoms with Crippen molar-refractivity contribution < 1.29 is 4.74 Å². The van der Waals surface area contributed by atoms with Gasteiger partial charge < -0.3 is 15.5 Å². The Morgan fingerprint density at radius 1 is 1.11 bits per heavy atom. The van der Waals surface area contributed by atoms with Crippen molar-refractivity contribution in [2.24, 2.45) is 0 Å². The molecule has 3 aromatic rings. The number of anilines is 1. The maximum atomic E-state index is 5.74. The molecule has 3 N–H and O–H groups in total. The molecular weight excluding hydrogens is 240 g/mol. The molecule has 1 aromatic carbocycles. The van der Waals surface area contributed by atoms with Crippen LogP contribution in [0.4, 0.5) is 5.69 Å². The van der Waals surface area contributed by atoms with Crippen LogP contribution in [0.3, 0.4) is 0 Å². The van der Waals surface area contributed by atoms with Gasteiger partial charge in [0.25, 0.3) is 0 Å². The first-order chi connectivity index (χ1) is 9.31. The van der Waals surface area contributed by atoms with E-state index in [1.54, 1.807) is 30.9 Å². The van der Waals surface area contributed by atoms with E-state index in [4.69, 9.17) is 10.5 Å². The number of nitrogens with zero attached hydrogens (tertiary/aromatic N) is 2. The van der Waals surface area contributed by atoms with Gasteiger partial charge in [-0.3, -0.25) is 4.98 Å². The van der Waals surface area contributed by atoms with E-state index in [1.807, 2.05) is 24.3 Å². The predicted octanol–water partition coefficient (Wildman–Crippen LogP) is 2.85. The van der Waals surface area contributed by atoms with Gasteiger partial charge in [-0.1, -0.05) is 6.07 Å². The average molecular weight is 252 g/mol. The number of hydrogen-bond acceptors (Lipinski definition) is 4. The van der Waals surface area contributed by atoms with Crippen LogP contribution in [0.2, 0.25) is 0 Å². The monoisotopic (exact) mass is 252 g/mol. The van der Waals surface area contributed by atoms with E-state index in [0.29, 0.717) is 17.2 Å². The standard InChI is InChI=1S/C14H12N4O/c15-10-2-1-3-11(6-10)19-12-4-5-17-13(7-12)14-8-16-9-18-14/h1-9H,15H2,(H,16,18). The van der Waals surface area contributed by atoms with E-state index in [1.165, 1.54) is 0 Å². The second kappa shape index (κ2) is 4.81. The molecule has 19 heavy (non-hydrogen) atoms. The number of aromatic nitrogens is 3. The summed E-state index contributed by atoms with van der Waals surface area (Å²) < 4.78 is 5.74. The molecule has 0 radical (unpaired) electrons. The maximum Gasteiger partial charge on any atom is 0.131 e.